The van der Waals surface area contributed by atoms with Gasteiger partial charge < -0.3 is 4.90 Å². The Morgan fingerprint density at radius 3 is 2.38 bits per heavy atom. The molecule has 5 nitrogen and oxygen atoms in total. The third kappa shape index (κ3) is 3.01. The van der Waals surface area contributed by atoms with E-state index in [2.05, 4.69) is 13.8 Å². The Morgan fingerprint density at radius 1 is 1.03 bits per heavy atom. The van der Waals surface area contributed by atoms with Gasteiger partial charge in [0.1, 0.15) is 6.04 Å². The summed E-state index contributed by atoms with van der Waals surface area (Å²) in [4.78, 5) is 15.4. The van der Waals surface area contributed by atoms with Gasteiger partial charge in [-0.25, -0.2) is 8.42 Å². The van der Waals surface area contributed by atoms with Crippen molar-refractivity contribution in [1.29, 1.82) is 0 Å². The van der Waals surface area contributed by atoms with E-state index in [9.17, 15) is 13.2 Å². The van der Waals surface area contributed by atoms with Crippen molar-refractivity contribution in [3.8, 4) is 0 Å². The zero-order valence-electron chi connectivity index (χ0n) is 19.8. The Morgan fingerprint density at radius 2 is 1.71 bits per heavy atom. The van der Waals surface area contributed by atoms with Crippen LogP contribution in [0.1, 0.15) is 44.2 Å². The molecule has 2 aliphatic carbocycles. The van der Waals surface area contributed by atoms with Crippen LogP contribution < -0.4 is 0 Å². The van der Waals surface area contributed by atoms with Gasteiger partial charge in [0.15, 0.2) is 0 Å². The van der Waals surface area contributed by atoms with Crippen molar-refractivity contribution in [2.45, 2.75) is 57.8 Å². The van der Waals surface area contributed by atoms with Crippen LogP contribution in [0.25, 0.3) is 6.08 Å². The number of carbonyl (C=O) groups is 1. The molecule has 2 aromatic rings. The molecule has 0 N–H and O–H groups in total. The molecular weight excluding hydrogens is 444 g/mol. The van der Waals surface area contributed by atoms with Crippen LogP contribution in [0, 0.1) is 16.7 Å². The maximum Gasteiger partial charge on any atom is 0.244 e. The highest BCUT2D eigenvalue weighted by Crippen LogP contribution is 2.70. The molecule has 1 amide bonds. The quantitative estimate of drug-likeness (QED) is 0.604. The summed E-state index contributed by atoms with van der Waals surface area (Å²) in [5, 5.41) is 0. The van der Waals surface area contributed by atoms with E-state index in [1.165, 1.54) is 0 Å². The molecule has 34 heavy (non-hydrogen) atoms. The van der Waals surface area contributed by atoms with Gasteiger partial charge in [-0.15, -0.1) is 0 Å². The first-order valence-corrected chi connectivity index (χ1v) is 13.9. The van der Waals surface area contributed by atoms with E-state index in [0.29, 0.717) is 12.5 Å². The monoisotopic (exact) mass is 476 g/mol. The van der Waals surface area contributed by atoms with Crippen molar-refractivity contribution in [1.82, 2.24) is 9.21 Å². The second-order valence-electron chi connectivity index (χ2n) is 11.1. The fraction of sp³-hybridized carbons (Fsp3) is 0.464. The number of amides is 1. The van der Waals surface area contributed by atoms with Crippen LogP contribution in [0.15, 0.2) is 66.7 Å². The van der Waals surface area contributed by atoms with Crippen LogP contribution >= 0.6 is 0 Å². The third-order valence-electron chi connectivity index (χ3n) is 9.43. The van der Waals surface area contributed by atoms with E-state index in [4.69, 9.17) is 0 Å². The molecule has 6 heteroatoms. The standard InChI is InChI=1S/C28H32N2O3S/c1-27(2)22-15-16-28(27)19-34(32,33)30(24(28)17-22)25-23(14-13-20-9-5-3-6-10-20)29(26(25)31)18-21-11-7-4-8-12-21/h3-14,22-25H,15-19H2,1-2H3/t22-,23+,24-,25-,28-/m1/s1. The minimum Gasteiger partial charge on any atom is -0.328 e. The van der Waals surface area contributed by atoms with Gasteiger partial charge in [0, 0.05) is 18.0 Å². The molecule has 2 aliphatic heterocycles. The predicted octanol–water partition coefficient (Wildman–Crippen LogP) is 4.32. The summed E-state index contributed by atoms with van der Waals surface area (Å²) in [6.07, 6.45) is 6.98. The van der Waals surface area contributed by atoms with Crippen molar-refractivity contribution in [2.24, 2.45) is 16.7 Å². The van der Waals surface area contributed by atoms with Crippen molar-refractivity contribution in [3.63, 3.8) is 0 Å². The SMILES string of the molecule is CC1(C)[C@@H]2CC[C@]13CS(=O)(=O)N([C@H]1C(=O)N(Cc4ccccc4)[C@H]1C=Cc1ccccc1)[C@@H]3C2. The van der Waals surface area contributed by atoms with Crippen molar-refractivity contribution in [2.75, 3.05) is 5.75 Å². The molecule has 2 heterocycles. The van der Waals surface area contributed by atoms with Crippen molar-refractivity contribution in [3.05, 3.63) is 77.9 Å². The van der Waals surface area contributed by atoms with Gasteiger partial charge >= 0.3 is 0 Å². The smallest absolute Gasteiger partial charge is 0.244 e. The zero-order chi connectivity index (χ0) is 23.7. The number of hydrogen-bond acceptors (Lipinski definition) is 3. The Bertz CT molecular complexity index is 1240. The Hall–Kier alpha value is -2.44. The third-order valence-corrected chi connectivity index (χ3v) is 11.4. The number of β-lactam (4-membered cyclic amide) rings is 1. The van der Waals surface area contributed by atoms with Crippen LogP contribution in [0.5, 0.6) is 0 Å². The lowest BCUT2D eigenvalue weighted by Crippen LogP contribution is -2.71. The highest BCUT2D eigenvalue weighted by Gasteiger charge is 2.74. The largest absolute Gasteiger partial charge is 0.328 e. The molecule has 5 atom stereocenters. The van der Waals surface area contributed by atoms with Gasteiger partial charge in [-0.3, -0.25) is 4.79 Å². The second kappa shape index (κ2) is 7.53. The molecule has 2 aromatic carbocycles. The van der Waals surface area contributed by atoms with Gasteiger partial charge in [0.2, 0.25) is 15.9 Å². The Balaban J connectivity index is 1.36. The fourth-order valence-corrected chi connectivity index (χ4v) is 10.2. The van der Waals surface area contributed by atoms with Crippen LogP contribution in [0.3, 0.4) is 0 Å². The summed E-state index contributed by atoms with van der Waals surface area (Å²) >= 11 is 0. The number of nitrogens with zero attached hydrogens (tertiary/aromatic N) is 2. The Kier molecular flexibility index (Phi) is 4.88. The van der Waals surface area contributed by atoms with E-state index >= 15 is 0 Å². The van der Waals surface area contributed by atoms with E-state index in [1.54, 1.807) is 4.31 Å². The first-order valence-electron chi connectivity index (χ1n) is 12.3. The normalized spacial score (nSPS) is 35.6. The second-order valence-corrected chi connectivity index (χ2v) is 13.0. The van der Waals surface area contributed by atoms with Gasteiger partial charge in [-0.2, -0.15) is 4.31 Å². The van der Waals surface area contributed by atoms with Gasteiger partial charge in [-0.1, -0.05) is 86.7 Å². The lowest BCUT2D eigenvalue weighted by Gasteiger charge is -2.51. The number of likely N-dealkylation sites (tertiary alicyclic amines) is 1. The zero-order valence-corrected chi connectivity index (χ0v) is 20.6. The molecule has 4 fully saturated rings. The average molecular weight is 477 g/mol. The van der Waals surface area contributed by atoms with Crippen molar-refractivity contribution < 1.29 is 13.2 Å². The molecular formula is C28H32N2O3S. The maximum absolute atomic E-state index is 13.6. The van der Waals surface area contributed by atoms with Crippen LogP contribution in [0.4, 0.5) is 0 Å². The van der Waals surface area contributed by atoms with Crippen LogP contribution in [-0.2, 0) is 21.4 Å². The summed E-state index contributed by atoms with van der Waals surface area (Å²) < 4.78 is 28.9. The molecule has 178 valence electrons. The fourth-order valence-electron chi connectivity index (χ4n) is 7.44. The first kappa shape index (κ1) is 22.1. The van der Waals surface area contributed by atoms with Crippen LogP contribution in [-0.4, -0.2) is 47.4 Å². The first-order chi connectivity index (χ1) is 16.2. The number of sulfonamides is 1. The summed E-state index contributed by atoms with van der Waals surface area (Å²) in [7, 11) is -3.51. The van der Waals surface area contributed by atoms with Gasteiger partial charge in [0.05, 0.1) is 11.8 Å². The number of hydrogen-bond donors (Lipinski definition) is 0. The summed E-state index contributed by atoms with van der Waals surface area (Å²) in [5.74, 6) is 0.642. The highest BCUT2D eigenvalue weighted by molar-refractivity contribution is 7.89. The molecule has 2 saturated carbocycles. The molecule has 6 rings (SSSR count). The average Bonchev–Trinajstić information content (AvgIpc) is 3.30. The molecule has 0 unspecified atom stereocenters. The minimum absolute atomic E-state index is 0.00855. The molecule has 2 saturated heterocycles. The van der Waals surface area contributed by atoms with Gasteiger partial charge in [-0.05, 0) is 41.7 Å². The predicted molar refractivity (Wildman–Crippen MR) is 133 cm³/mol. The lowest BCUT2D eigenvalue weighted by atomic mass is 9.68. The van der Waals surface area contributed by atoms with Gasteiger partial charge in [0.25, 0.3) is 0 Å². The van der Waals surface area contributed by atoms with E-state index in [1.807, 2.05) is 77.7 Å². The van der Waals surface area contributed by atoms with Crippen molar-refractivity contribution >= 4 is 22.0 Å². The highest BCUT2D eigenvalue weighted by atomic mass is 32.2. The minimum atomic E-state index is -3.51. The van der Waals surface area contributed by atoms with E-state index < -0.39 is 16.1 Å². The number of rotatable bonds is 5. The molecule has 4 aliphatic rings. The molecule has 0 radical (unpaired) electrons. The Labute approximate surface area is 202 Å². The lowest BCUT2D eigenvalue weighted by molar-refractivity contribution is -0.155. The topological polar surface area (TPSA) is 57.7 Å². The summed E-state index contributed by atoms with van der Waals surface area (Å²) in [6, 6.07) is 18.9. The maximum atomic E-state index is 13.6. The molecule has 1 spiro atoms. The number of fused-ring (bicyclic) bond motifs is 1. The van der Waals surface area contributed by atoms with E-state index in [0.717, 1.165) is 30.4 Å². The van der Waals surface area contributed by atoms with Crippen LogP contribution in [0.2, 0.25) is 0 Å². The molecule has 2 bridgehead atoms. The summed E-state index contributed by atoms with van der Waals surface area (Å²) in [6.45, 7) is 4.99. The number of benzene rings is 2. The number of carbonyl (C=O) groups excluding carboxylic acids is 1. The van der Waals surface area contributed by atoms with E-state index in [-0.39, 0.29) is 34.6 Å². The summed E-state index contributed by atoms with van der Waals surface area (Å²) in [5.41, 5.74) is 1.85. The molecule has 0 aromatic heterocycles.